The maximum atomic E-state index is 10.2. The minimum atomic E-state index is -0.239. The molecule has 3 aromatic carbocycles. The molecule has 196 valence electrons. The summed E-state index contributed by atoms with van der Waals surface area (Å²) in [4.78, 5) is 2.39. The van der Waals surface area contributed by atoms with E-state index in [2.05, 4.69) is 24.1 Å². The van der Waals surface area contributed by atoms with E-state index in [1.165, 1.54) is 11.1 Å². The summed E-state index contributed by atoms with van der Waals surface area (Å²) in [6.07, 6.45) is 1.74. The Morgan fingerprint density at radius 1 is 0.757 bits per heavy atom. The zero-order valence-electron chi connectivity index (χ0n) is 22.1. The van der Waals surface area contributed by atoms with Crippen molar-refractivity contribution < 1.29 is 33.5 Å². The van der Waals surface area contributed by atoms with E-state index in [0.717, 1.165) is 36.1 Å². The largest absolute Gasteiger partial charge is 0.493 e. The monoisotopic (exact) mass is 507 g/mol. The van der Waals surface area contributed by atoms with Crippen LogP contribution in [0.4, 0.5) is 0 Å². The van der Waals surface area contributed by atoms with Gasteiger partial charge in [0.2, 0.25) is 0 Å². The lowest BCUT2D eigenvalue weighted by Crippen LogP contribution is -2.35. The van der Waals surface area contributed by atoms with E-state index in [4.69, 9.17) is 28.4 Å². The van der Waals surface area contributed by atoms with Crippen molar-refractivity contribution in [2.24, 2.45) is 0 Å². The van der Waals surface area contributed by atoms with Crippen LogP contribution in [0.5, 0.6) is 40.2 Å². The second-order valence-electron chi connectivity index (χ2n) is 9.22. The third-order valence-electron chi connectivity index (χ3n) is 7.43. The number of methoxy groups -OCH3 is 5. The number of nitrogens with zero attached hydrogens (tertiary/aromatic N) is 1. The van der Waals surface area contributed by atoms with Crippen LogP contribution in [0.3, 0.4) is 0 Å². The van der Waals surface area contributed by atoms with Crippen LogP contribution >= 0.6 is 0 Å². The highest BCUT2D eigenvalue weighted by Gasteiger charge is 2.39. The number of rotatable bonds is 8. The van der Waals surface area contributed by atoms with Crippen LogP contribution in [-0.4, -0.2) is 59.1 Å². The average molecular weight is 508 g/mol. The average Bonchev–Trinajstić information content (AvgIpc) is 2.94. The smallest absolute Gasteiger partial charge is 0.177 e. The van der Waals surface area contributed by atoms with E-state index in [-0.39, 0.29) is 12.6 Å². The van der Waals surface area contributed by atoms with Gasteiger partial charge < -0.3 is 33.5 Å². The molecule has 0 radical (unpaired) electrons. The molecule has 8 heteroatoms. The molecule has 3 aromatic rings. The Hall–Kier alpha value is -3.62. The molecule has 8 nitrogen and oxygen atoms in total. The van der Waals surface area contributed by atoms with Crippen LogP contribution in [-0.2, 0) is 19.4 Å². The number of hydrogen-bond acceptors (Lipinski definition) is 8. The molecule has 1 N–H and O–H groups in total. The van der Waals surface area contributed by atoms with Gasteiger partial charge in [-0.15, -0.1) is 0 Å². The van der Waals surface area contributed by atoms with Crippen molar-refractivity contribution >= 4 is 0 Å². The molecular weight excluding hydrogens is 474 g/mol. The fraction of sp³-hybridized carbons (Fsp3) is 0.379. The molecule has 0 saturated heterocycles. The molecule has 0 aromatic heterocycles. The molecule has 1 aliphatic heterocycles. The molecule has 5 rings (SSSR count). The number of aliphatic hydroxyl groups is 1. The van der Waals surface area contributed by atoms with Gasteiger partial charge >= 0.3 is 0 Å². The molecular formula is C29H33NO7. The maximum Gasteiger partial charge on any atom is 0.177 e. The second kappa shape index (κ2) is 10.0. The molecule has 0 spiro atoms. The number of hydrogen-bond donors (Lipinski definition) is 1. The van der Waals surface area contributed by atoms with Crippen molar-refractivity contribution in [2.45, 2.75) is 25.5 Å². The molecule has 1 aliphatic carbocycles. The Kier molecular flexibility index (Phi) is 6.79. The van der Waals surface area contributed by atoms with Crippen LogP contribution in [0.1, 0.15) is 28.3 Å². The second-order valence-corrected chi connectivity index (χ2v) is 9.22. The van der Waals surface area contributed by atoms with Gasteiger partial charge in [-0.3, -0.25) is 4.90 Å². The summed E-state index contributed by atoms with van der Waals surface area (Å²) in [6, 6.07) is 9.75. The summed E-state index contributed by atoms with van der Waals surface area (Å²) >= 11 is 0. The van der Waals surface area contributed by atoms with Crippen LogP contribution in [0.25, 0.3) is 11.1 Å². The van der Waals surface area contributed by atoms with Gasteiger partial charge in [0.1, 0.15) is 5.75 Å². The summed E-state index contributed by atoms with van der Waals surface area (Å²) in [5, 5.41) is 10.2. The van der Waals surface area contributed by atoms with Gasteiger partial charge in [-0.1, -0.05) is 6.07 Å². The molecule has 1 atom stereocenters. The van der Waals surface area contributed by atoms with Crippen molar-refractivity contribution in [3.8, 4) is 51.4 Å². The summed E-state index contributed by atoms with van der Waals surface area (Å²) in [6.45, 7) is 0.713. The lowest BCUT2D eigenvalue weighted by atomic mass is 9.76. The lowest BCUT2D eigenvalue weighted by molar-refractivity contribution is 0.226. The quantitative estimate of drug-likeness (QED) is 0.467. The van der Waals surface area contributed by atoms with Gasteiger partial charge in [-0.25, -0.2) is 0 Å². The predicted molar refractivity (Wildman–Crippen MR) is 140 cm³/mol. The highest BCUT2D eigenvalue weighted by molar-refractivity contribution is 5.89. The van der Waals surface area contributed by atoms with Crippen molar-refractivity contribution in [3.63, 3.8) is 0 Å². The van der Waals surface area contributed by atoms with Crippen LogP contribution < -0.4 is 28.4 Å². The van der Waals surface area contributed by atoms with Crippen LogP contribution in [0.15, 0.2) is 30.3 Å². The molecule has 0 bridgehead atoms. The Balaban J connectivity index is 1.82. The molecule has 0 amide bonds. The molecule has 0 fully saturated rings. The minimum absolute atomic E-state index is 0.181. The van der Waals surface area contributed by atoms with E-state index in [9.17, 15) is 5.11 Å². The van der Waals surface area contributed by atoms with E-state index in [1.54, 1.807) is 47.7 Å². The zero-order chi connectivity index (χ0) is 26.3. The Morgan fingerprint density at radius 3 is 2.11 bits per heavy atom. The molecule has 2 aliphatic rings. The number of aliphatic hydroxyl groups excluding tert-OH is 1. The standard InChI is InChI=1S/C29H33NO7/c1-30-10-9-17-12-24(35-5)29(37-21-14-23(34-4)22(33-3)13-18(21)15-31)27-25(17)19(30)11-16-7-8-20(32-2)28(36-6)26(16)27/h7-8,12-14,19,31H,9-11,15H2,1-6H3. The van der Waals surface area contributed by atoms with Gasteiger partial charge in [0, 0.05) is 35.3 Å². The lowest BCUT2D eigenvalue weighted by Gasteiger charge is -2.41. The van der Waals surface area contributed by atoms with E-state index in [1.807, 2.05) is 6.07 Å². The third-order valence-corrected chi connectivity index (χ3v) is 7.43. The topological polar surface area (TPSA) is 78.9 Å². The Labute approximate surface area is 217 Å². The van der Waals surface area contributed by atoms with Crippen LogP contribution in [0, 0.1) is 0 Å². The summed E-state index contributed by atoms with van der Waals surface area (Å²) < 4.78 is 35.1. The maximum absolute atomic E-state index is 10.2. The zero-order valence-corrected chi connectivity index (χ0v) is 22.1. The van der Waals surface area contributed by atoms with Crippen LogP contribution in [0.2, 0.25) is 0 Å². The normalized spacial score (nSPS) is 15.9. The number of likely N-dealkylation sites (N-methyl/N-ethyl adjacent to an activating group) is 1. The van der Waals surface area contributed by atoms with Crippen molar-refractivity contribution in [1.29, 1.82) is 0 Å². The van der Waals surface area contributed by atoms with E-state index in [0.29, 0.717) is 45.8 Å². The Bertz CT molecular complexity index is 1340. The Morgan fingerprint density at radius 2 is 1.46 bits per heavy atom. The van der Waals surface area contributed by atoms with Crippen molar-refractivity contribution in [2.75, 3.05) is 49.1 Å². The molecule has 1 unspecified atom stereocenters. The summed E-state index contributed by atoms with van der Waals surface area (Å²) in [5.41, 5.74) is 5.99. The van der Waals surface area contributed by atoms with Gasteiger partial charge in [0.15, 0.2) is 34.5 Å². The fourth-order valence-corrected chi connectivity index (χ4v) is 5.58. The predicted octanol–water partition coefficient (Wildman–Crippen LogP) is 4.77. The van der Waals surface area contributed by atoms with E-state index < -0.39 is 0 Å². The molecule has 1 heterocycles. The first kappa shape index (κ1) is 25.0. The number of benzene rings is 3. The summed E-state index contributed by atoms with van der Waals surface area (Å²) in [7, 11) is 10.2. The third kappa shape index (κ3) is 4.01. The first-order valence-corrected chi connectivity index (χ1v) is 12.2. The van der Waals surface area contributed by atoms with Gasteiger partial charge in [0.05, 0.1) is 42.2 Å². The number of ether oxygens (including phenoxy) is 6. The van der Waals surface area contributed by atoms with E-state index >= 15 is 0 Å². The minimum Gasteiger partial charge on any atom is -0.493 e. The highest BCUT2D eigenvalue weighted by atomic mass is 16.5. The highest BCUT2D eigenvalue weighted by Crippen LogP contribution is 2.57. The van der Waals surface area contributed by atoms with Crippen molar-refractivity contribution in [1.82, 2.24) is 4.90 Å². The van der Waals surface area contributed by atoms with Gasteiger partial charge in [-0.2, -0.15) is 0 Å². The molecule has 0 saturated carbocycles. The summed E-state index contributed by atoms with van der Waals surface area (Å²) in [5.74, 6) is 3.91. The first-order valence-electron chi connectivity index (χ1n) is 12.2. The fourth-order valence-electron chi connectivity index (χ4n) is 5.58. The SMILES string of the molecule is COc1cc(CO)c(Oc2c(OC)cc3c4c2-c2c(ccc(OC)c2OC)CC4N(C)CC3)cc1OC. The van der Waals surface area contributed by atoms with Crippen molar-refractivity contribution in [3.05, 3.63) is 52.6 Å². The molecule has 37 heavy (non-hydrogen) atoms. The van der Waals surface area contributed by atoms with Gasteiger partial charge in [0.25, 0.3) is 0 Å². The number of fused-ring (bicyclic) bond motifs is 2. The van der Waals surface area contributed by atoms with Gasteiger partial charge in [-0.05, 0) is 54.8 Å². The first-order chi connectivity index (χ1) is 18.0.